The molecule has 0 radical (unpaired) electrons. The van der Waals surface area contributed by atoms with Gasteiger partial charge in [-0.2, -0.15) is 0 Å². The summed E-state index contributed by atoms with van der Waals surface area (Å²) >= 11 is 1.61. The van der Waals surface area contributed by atoms with Crippen LogP contribution in [-0.2, 0) is 4.79 Å². The maximum Gasteiger partial charge on any atom is 0.262 e. The Bertz CT molecular complexity index is 871. The van der Waals surface area contributed by atoms with Gasteiger partial charge in [0, 0.05) is 5.69 Å². The van der Waals surface area contributed by atoms with Crippen LogP contribution in [0.5, 0.6) is 5.75 Å². The van der Waals surface area contributed by atoms with Crippen molar-refractivity contribution in [3.63, 3.8) is 0 Å². The molecule has 0 spiro atoms. The zero-order valence-electron chi connectivity index (χ0n) is 13.3. The monoisotopic (exact) mass is 326 g/mol. The average molecular weight is 326 g/mol. The molecular formula is C18H18N2O2S. The Balaban J connectivity index is 1.65. The highest BCUT2D eigenvalue weighted by molar-refractivity contribution is 7.18. The van der Waals surface area contributed by atoms with E-state index in [0.29, 0.717) is 0 Å². The van der Waals surface area contributed by atoms with E-state index in [0.717, 1.165) is 37.8 Å². The zero-order chi connectivity index (χ0) is 16.4. The first-order valence-electron chi connectivity index (χ1n) is 7.38. The molecule has 0 aliphatic rings. The molecule has 0 saturated heterocycles. The lowest BCUT2D eigenvalue weighted by Crippen LogP contribution is -2.20. The van der Waals surface area contributed by atoms with E-state index >= 15 is 0 Å². The van der Waals surface area contributed by atoms with Gasteiger partial charge >= 0.3 is 0 Å². The predicted molar refractivity (Wildman–Crippen MR) is 94.4 cm³/mol. The number of nitrogens with zero attached hydrogens (tertiary/aromatic N) is 1. The van der Waals surface area contributed by atoms with Crippen LogP contribution >= 0.6 is 11.3 Å². The Kier molecular flexibility index (Phi) is 4.30. The number of carbonyl (C=O) groups excluding carboxylic acids is 1. The fourth-order valence-electron chi connectivity index (χ4n) is 2.32. The molecule has 0 unspecified atom stereocenters. The minimum absolute atomic E-state index is 0.00987. The highest BCUT2D eigenvalue weighted by atomic mass is 32.1. The average Bonchev–Trinajstić information content (AvgIpc) is 2.87. The van der Waals surface area contributed by atoms with E-state index in [1.54, 1.807) is 11.3 Å². The fraction of sp³-hybridized carbons (Fsp3) is 0.222. The number of aromatic nitrogens is 1. The summed E-state index contributed by atoms with van der Waals surface area (Å²) in [4.78, 5) is 16.5. The number of hydrogen-bond donors (Lipinski definition) is 1. The van der Waals surface area contributed by atoms with Crippen molar-refractivity contribution in [2.45, 2.75) is 20.8 Å². The van der Waals surface area contributed by atoms with Crippen molar-refractivity contribution in [3.05, 3.63) is 52.5 Å². The van der Waals surface area contributed by atoms with Crippen molar-refractivity contribution in [3.8, 4) is 5.75 Å². The van der Waals surface area contributed by atoms with E-state index < -0.39 is 0 Å². The van der Waals surface area contributed by atoms with Crippen molar-refractivity contribution in [2.75, 3.05) is 11.9 Å². The Morgan fingerprint density at radius 2 is 2.00 bits per heavy atom. The van der Waals surface area contributed by atoms with Crippen LogP contribution < -0.4 is 10.1 Å². The lowest BCUT2D eigenvalue weighted by molar-refractivity contribution is -0.118. The van der Waals surface area contributed by atoms with Gasteiger partial charge in [-0.3, -0.25) is 4.79 Å². The minimum Gasteiger partial charge on any atom is -0.483 e. The third-order valence-electron chi connectivity index (χ3n) is 3.48. The number of anilines is 1. The van der Waals surface area contributed by atoms with Crippen LogP contribution in [-0.4, -0.2) is 17.5 Å². The molecule has 1 aromatic heterocycles. The molecule has 23 heavy (non-hydrogen) atoms. The molecule has 3 aromatic rings. The number of thiazole rings is 1. The zero-order valence-corrected chi connectivity index (χ0v) is 14.2. The number of fused-ring (bicyclic) bond motifs is 1. The van der Waals surface area contributed by atoms with Crippen molar-refractivity contribution in [1.29, 1.82) is 0 Å². The van der Waals surface area contributed by atoms with Gasteiger partial charge < -0.3 is 10.1 Å². The highest BCUT2D eigenvalue weighted by Gasteiger charge is 2.07. The Morgan fingerprint density at radius 3 is 2.83 bits per heavy atom. The fourth-order valence-corrected chi connectivity index (χ4v) is 3.19. The third-order valence-corrected chi connectivity index (χ3v) is 4.42. The van der Waals surface area contributed by atoms with Gasteiger partial charge in [0.1, 0.15) is 5.75 Å². The summed E-state index contributed by atoms with van der Waals surface area (Å²) in [5, 5.41) is 3.88. The van der Waals surface area contributed by atoms with Gasteiger partial charge in [-0.05, 0) is 56.2 Å². The quantitative estimate of drug-likeness (QED) is 0.780. The summed E-state index contributed by atoms with van der Waals surface area (Å²) in [5.74, 6) is 0.570. The van der Waals surface area contributed by atoms with E-state index in [4.69, 9.17) is 4.74 Å². The molecule has 5 heteroatoms. The number of aryl methyl sites for hydroxylation is 3. The second kappa shape index (κ2) is 6.38. The largest absolute Gasteiger partial charge is 0.483 e. The molecule has 0 aliphatic carbocycles. The van der Waals surface area contributed by atoms with E-state index in [1.165, 1.54) is 0 Å². The number of carbonyl (C=O) groups is 1. The standard InChI is InChI=1S/C18H18N2O2S/c1-11-4-5-12(2)16(8-11)22-10-18(21)20-14-6-7-15-17(9-14)23-13(3)19-15/h4-9H,10H2,1-3H3,(H,20,21). The summed E-state index contributed by atoms with van der Waals surface area (Å²) in [6.07, 6.45) is 0. The smallest absolute Gasteiger partial charge is 0.262 e. The second-order valence-electron chi connectivity index (χ2n) is 5.52. The van der Waals surface area contributed by atoms with Gasteiger partial charge in [0.25, 0.3) is 5.91 Å². The number of nitrogens with one attached hydrogen (secondary N) is 1. The summed E-state index contributed by atoms with van der Waals surface area (Å²) in [7, 11) is 0. The van der Waals surface area contributed by atoms with Gasteiger partial charge in [0.2, 0.25) is 0 Å². The Labute approximate surface area is 139 Å². The number of ether oxygens (including phenoxy) is 1. The lowest BCUT2D eigenvalue weighted by atomic mass is 10.1. The van der Waals surface area contributed by atoms with Crippen LogP contribution in [0.1, 0.15) is 16.1 Å². The number of benzene rings is 2. The number of amides is 1. The molecule has 1 N–H and O–H groups in total. The minimum atomic E-state index is -0.175. The summed E-state index contributed by atoms with van der Waals surface area (Å²) in [5.41, 5.74) is 3.84. The third kappa shape index (κ3) is 3.68. The molecule has 0 bridgehead atoms. The molecule has 0 fully saturated rings. The maximum absolute atomic E-state index is 12.1. The first-order valence-corrected chi connectivity index (χ1v) is 8.20. The van der Waals surface area contributed by atoms with Gasteiger partial charge in [-0.15, -0.1) is 11.3 Å². The summed E-state index contributed by atoms with van der Waals surface area (Å²) in [6.45, 7) is 5.93. The predicted octanol–water partition coefficient (Wildman–Crippen LogP) is 4.24. The van der Waals surface area contributed by atoms with Crippen LogP contribution in [0.15, 0.2) is 36.4 Å². The van der Waals surface area contributed by atoms with Crippen LogP contribution in [0.4, 0.5) is 5.69 Å². The Morgan fingerprint density at radius 1 is 1.17 bits per heavy atom. The molecule has 118 valence electrons. The normalized spacial score (nSPS) is 10.7. The van der Waals surface area contributed by atoms with Crippen LogP contribution in [0.3, 0.4) is 0 Å². The lowest BCUT2D eigenvalue weighted by Gasteiger charge is -2.10. The SMILES string of the molecule is Cc1ccc(C)c(OCC(=O)Nc2ccc3nc(C)sc3c2)c1. The van der Waals surface area contributed by atoms with E-state index in [-0.39, 0.29) is 12.5 Å². The molecule has 0 aliphatic heterocycles. The molecule has 0 atom stereocenters. The summed E-state index contributed by atoms with van der Waals surface area (Å²) < 4.78 is 6.69. The Hall–Kier alpha value is -2.40. The molecular weight excluding hydrogens is 308 g/mol. The second-order valence-corrected chi connectivity index (χ2v) is 6.76. The molecule has 1 amide bonds. The van der Waals surface area contributed by atoms with Crippen molar-refractivity contribution < 1.29 is 9.53 Å². The summed E-state index contributed by atoms with van der Waals surface area (Å²) in [6, 6.07) is 11.7. The maximum atomic E-state index is 12.1. The van der Waals surface area contributed by atoms with Crippen molar-refractivity contribution in [2.24, 2.45) is 0 Å². The van der Waals surface area contributed by atoms with Gasteiger partial charge in [-0.25, -0.2) is 4.98 Å². The van der Waals surface area contributed by atoms with Crippen molar-refractivity contribution >= 4 is 33.1 Å². The first kappa shape index (κ1) is 15.5. The highest BCUT2D eigenvalue weighted by Crippen LogP contribution is 2.25. The van der Waals surface area contributed by atoms with Gasteiger partial charge in [0.15, 0.2) is 6.61 Å². The van der Waals surface area contributed by atoms with Gasteiger partial charge in [0.05, 0.1) is 15.2 Å². The van der Waals surface area contributed by atoms with Crippen LogP contribution in [0.25, 0.3) is 10.2 Å². The topological polar surface area (TPSA) is 51.2 Å². The molecule has 2 aromatic carbocycles. The first-order chi connectivity index (χ1) is 11.0. The molecule has 3 rings (SSSR count). The number of rotatable bonds is 4. The van der Waals surface area contributed by atoms with Gasteiger partial charge in [-0.1, -0.05) is 12.1 Å². The van der Waals surface area contributed by atoms with E-state index in [9.17, 15) is 4.79 Å². The van der Waals surface area contributed by atoms with Crippen LogP contribution in [0, 0.1) is 20.8 Å². The number of hydrogen-bond acceptors (Lipinski definition) is 4. The van der Waals surface area contributed by atoms with Crippen molar-refractivity contribution in [1.82, 2.24) is 4.98 Å². The van der Waals surface area contributed by atoms with Crippen LogP contribution in [0.2, 0.25) is 0 Å². The molecule has 4 nitrogen and oxygen atoms in total. The molecule has 0 saturated carbocycles. The van der Waals surface area contributed by atoms with E-state index in [1.807, 2.05) is 57.2 Å². The van der Waals surface area contributed by atoms with E-state index in [2.05, 4.69) is 10.3 Å². The molecule has 1 heterocycles.